The van der Waals surface area contributed by atoms with Gasteiger partial charge < -0.3 is 15.8 Å². The number of alkyl halides is 58. The van der Waals surface area contributed by atoms with E-state index < -0.39 is 211 Å². The largest absolute Gasteiger partial charge is 0.489 e. The van der Waals surface area contributed by atoms with Crippen molar-refractivity contribution in [3.05, 3.63) is 23.3 Å². The Morgan fingerprint density at radius 3 is 0.558 bits per heavy atom. The van der Waals surface area contributed by atoms with E-state index in [-0.39, 0.29) is 0 Å². The highest BCUT2D eigenvalue weighted by Crippen LogP contribution is 2.66. The molecule has 0 saturated heterocycles. The molecule has 0 saturated carbocycles. The van der Waals surface area contributed by atoms with Gasteiger partial charge in [0.1, 0.15) is 0 Å². The second kappa shape index (κ2) is 25.9. The van der Waals surface area contributed by atoms with Crippen molar-refractivity contribution in [1.82, 2.24) is 0 Å². The molecular weight excluding hydrogens is 1700 g/mol. The minimum absolute atomic E-state index is 0.677. The van der Waals surface area contributed by atoms with Gasteiger partial charge in [-0.2, -0.15) is 255 Å². The second-order valence-electron chi connectivity index (χ2n) is 18.2. The Bertz CT molecular complexity index is 3170. The first-order chi connectivity index (χ1) is 44.1. The Morgan fingerprint density at radius 2 is 0.394 bits per heavy atom. The highest BCUT2D eigenvalue weighted by Gasteiger charge is 2.93. The van der Waals surface area contributed by atoms with Gasteiger partial charge in [-0.15, -0.1) is 0 Å². The van der Waals surface area contributed by atoms with E-state index in [1.807, 2.05) is 0 Å². The molecule has 0 aliphatic carbocycles. The molecule has 11 nitrogen and oxygen atoms in total. The third-order valence-electron chi connectivity index (χ3n) is 10.9. The summed E-state index contributed by atoms with van der Waals surface area (Å²) in [6.07, 6.45) is -167. The quantitative estimate of drug-likeness (QED) is 0.0441. The van der Waals surface area contributed by atoms with Gasteiger partial charge in [0.2, 0.25) is 0 Å². The van der Waals surface area contributed by atoms with Gasteiger partial charge in [0.15, 0.2) is 0 Å². The summed E-state index contributed by atoms with van der Waals surface area (Å²) >= 11 is 0. The highest BCUT2D eigenvalue weighted by molar-refractivity contribution is 6.59. The zero-order valence-corrected chi connectivity index (χ0v) is 44.4. The lowest BCUT2D eigenvalue weighted by molar-refractivity contribution is -0.593. The van der Waals surface area contributed by atoms with Crippen LogP contribution >= 0.6 is 0 Å². The Kier molecular flexibility index (Phi) is 24.1. The highest BCUT2D eigenvalue weighted by atomic mass is 19.5. The molecule has 8 unspecified atom stereocenters. The molecule has 1 rings (SSSR count). The van der Waals surface area contributed by atoms with Crippen molar-refractivity contribution in [2.24, 2.45) is 0 Å². The van der Waals surface area contributed by atoms with Crippen LogP contribution in [0, 0.1) is 0 Å². The van der Waals surface area contributed by atoms with Crippen molar-refractivity contribution >= 4 is 18.3 Å². The van der Waals surface area contributed by atoms with Gasteiger partial charge in [-0.3, -0.25) is 37.9 Å². The molecule has 0 aromatic heterocycles. The molecule has 70 heteroatoms. The van der Waals surface area contributed by atoms with Crippen molar-refractivity contribution in [1.29, 1.82) is 0 Å². The Labute approximate surface area is 520 Å². The summed E-state index contributed by atoms with van der Waals surface area (Å²) in [5, 5.41) is 18.8. The van der Waals surface area contributed by atoms with E-state index in [2.05, 4.69) is 5.73 Å². The minimum atomic E-state index is -9.90. The van der Waals surface area contributed by atoms with Crippen LogP contribution in [0.15, 0.2) is 12.1 Å². The maximum absolute atomic E-state index is 16.2. The van der Waals surface area contributed by atoms with E-state index in [1.165, 1.54) is 9.47 Å². The molecule has 0 aliphatic heterocycles. The van der Waals surface area contributed by atoms with E-state index in [4.69, 9.17) is 0 Å². The van der Waals surface area contributed by atoms with Crippen molar-refractivity contribution < 1.29 is 303 Å². The van der Waals surface area contributed by atoms with E-state index in [0.717, 1.165) is 18.9 Å². The van der Waals surface area contributed by atoms with Gasteiger partial charge in [0, 0.05) is 16.8 Å². The molecular formula is C34H6BF58NO10. The third-order valence-corrected chi connectivity index (χ3v) is 10.9. The lowest BCUT2D eigenvalue weighted by Gasteiger charge is -2.44. The molecule has 8 atom stereocenters. The number of hydrogen-bond acceptors (Lipinski definition) is 11. The predicted molar refractivity (Wildman–Crippen MR) is 188 cm³/mol. The van der Waals surface area contributed by atoms with Gasteiger partial charge in [-0.05, 0) is 11.5 Å². The molecule has 0 spiro atoms. The monoisotopic (exact) mass is 1700 g/mol. The number of halogens is 58. The van der Waals surface area contributed by atoms with Crippen molar-refractivity contribution in [2.75, 3.05) is 5.73 Å². The fraction of sp³-hybridized carbons (Fsp3) is 0.824. The number of hydrogen-bond donors (Lipinski definition) is 3. The number of ether oxygens (including phenoxy) is 8. The van der Waals surface area contributed by atoms with Gasteiger partial charge in [0.25, 0.3) is 0 Å². The number of rotatable bonds is 27. The Hall–Kier alpha value is -5.38. The lowest BCUT2D eigenvalue weighted by atomic mass is 9.73. The maximum atomic E-state index is 16.2. The lowest BCUT2D eigenvalue weighted by Crippen LogP contribution is -2.72. The predicted octanol–water partition coefficient (Wildman–Crippen LogP) is 17.0. The number of nitrogen functional groups attached to an aromatic ring is 1. The fourth-order valence-corrected chi connectivity index (χ4v) is 5.94. The van der Waals surface area contributed by atoms with E-state index in [1.54, 1.807) is 0 Å². The van der Waals surface area contributed by atoms with Gasteiger partial charge in [0.05, 0.1) is 0 Å². The minimum Gasteiger partial charge on any atom is -0.423 e. The van der Waals surface area contributed by atoms with E-state index in [0.29, 0.717) is 9.47 Å². The summed E-state index contributed by atoms with van der Waals surface area (Å²) in [7, 11) is -5.41. The molecule has 0 radical (unpaired) electrons. The first-order valence-corrected chi connectivity index (χ1v) is 22.0. The van der Waals surface area contributed by atoms with Crippen LogP contribution in [0.5, 0.6) is 0 Å². The van der Waals surface area contributed by atoms with Crippen LogP contribution in [-0.2, 0) is 49.6 Å². The summed E-state index contributed by atoms with van der Waals surface area (Å²) in [4.78, 5) is 0. The second-order valence-corrected chi connectivity index (χ2v) is 18.2. The maximum Gasteiger partial charge on any atom is 0.489 e. The zero-order valence-electron chi connectivity index (χ0n) is 44.4. The number of nitrogens with two attached hydrogens (primary N) is 1. The van der Waals surface area contributed by atoms with Crippen LogP contribution in [-0.4, -0.2) is 175 Å². The van der Waals surface area contributed by atoms with Crippen LogP contribution in [0.1, 0.15) is 11.1 Å². The molecule has 0 aliphatic rings. The van der Waals surface area contributed by atoms with Crippen LogP contribution in [0.2, 0.25) is 0 Å². The molecule has 616 valence electrons. The fourth-order valence-electron chi connectivity index (χ4n) is 5.94. The molecule has 104 heavy (non-hydrogen) atoms. The van der Waals surface area contributed by atoms with E-state index >= 15 is 43.9 Å². The standard InChI is InChI=1S/C34H6BF58NO10/c36-7(17(48,49)50,97-29(82,83)11(42,21(60,61)62)101-33(90,91)15(46,25(72,73)74)103-31(86,87)13(44,23(66,67)68)99-27(78,79)9(38,39)19(54,55)56)3-1-4(35(95)96)6(5(94)2-3)8(37,18(51,52)53)98-30(84,85)12(43,22(63,64)65)102-34(92,93)16(47,26(75,76)77)104-32(88,89)14(45,24(69,70)71)100-28(80,81)10(40,41)20(57,58)59/h1-2,95-96H,94H2. The van der Waals surface area contributed by atoms with Crippen LogP contribution in [0.3, 0.4) is 0 Å². The smallest absolute Gasteiger partial charge is 0.423 e. The Morgan fingerprint density at radius 1 is 0.221 bits per heavy atom. The molecule has 4 N–H and O–H groups in total. The summed E-state index contributed by atoms with van der Waals surface area (Å²) in [5.74, 6) is -92.9. The average molecular weight is 1700 g/mol. The van der Waals surface area contributed by atoms with Crippen LogP contribution in [0.4, 0.5) is 260 Å². The molecule has 0 amide bonds. The van der Waals surface area contributed by atoms with Crippen LogP contribution < -0.4 is 11.2 Å². The first-order valence-electron chi connectivity index (χ1n) is 22.0. The van der Waals surface area contributed by atoms with Gasteiger partial charge >= 0.3 is 176 Å². The average Bonchev–Trinajstić information content (AvgIpc) is 0.714. The summed E-state index contributed by atoms with van der Waals surface area (Å²) < 4.78 is 819. The summed E-state index contributed by atoms with van der Waals surface area (Å²) in [6.45, 7) is 0. The van der Waals surface area contributed by atoms with Crippen molar-refractivity contribution in [2.45, 2.75) is 169 Å². The van der Waals surface area contributed by atoms with Crippen molar-refractivity contribution in [3.8, 4) is 0 Å². The van der Waals surface area contributed by atoms with Gasteiger partial charge in [-0.25, -0.2) is 0 Å². The first kappa shape index (κ1) is 96.6. The topological polar surface area (TPSA) is 140 Å². The number of benzene rings is 1. The SMILES string of the molecule is Nc1cc(C(F)(OC(F)(F)C(F)(OC(F)(F)C(F)(OC(F)(F)C(F)(OC(F)(F)C(F)(F)C(F)(F)F)C(F)(F)F)C(F)(F)F)C(F)(F)F)C(F)(F)F)cc(B(O)O)c1C(F)(OC(F)(F)C(F)(OC(F)(F)C(F)(OC(F)(F)C(F)(OC(F)(F)C(F)(F)C(F)(F)F)C(F)(F)F)C(F)(F)F)C(F)(F)F)C(F)(F)F. The molecule has 1 aromatic carbocycles. The Balaban J connectivity index is 4.67. The van der Waals surface area contributed by atoms with Crippen LogP contribution in [0.25, 0.3) is 0 Å². The molecule has 0 bridgehead atoms. The molecule has 0 heterocycles. The normalized spacial score (nSPS) is 20.3. The van der Waals surface area contributed by atoms with Crippen molar-refractivity contribution in [3.63, 3.8) is 0 Å². The summed E-state index contributed by atoms with van der Waals surface area (Å²) in [6, 6.07) is -5.10. The van der Waals surface area contributed by atoms with Gasteiger partial charge in [-0.1, -0.05) is 6.07 Å². The zero-order chi connectivity index (χ0) is 85.0. The molecule has 0 fully saturated rings. The summed E-state index contributed by atoms with van der Waals surface area (Å²) in [5.41, 5.74) is -13.4. The molecule has 1 aromatic rings. The number of anilines is 1. The third kappa shape index (κ3) is 15.8. The van der Waals surface area contributed by atoms with E-state index in [9.17, 15) is 221 Å².